The van der Waals surface area contributed by atoms with E-state index >= 15 is 0 Å². The second-order valence-electron chi connectivity index (χ2n) is 2.97. The van der Waals surface area contributed by atoms with Crippen LogP contribution in [-0.4, -0.2) is 17.7 Å². The highest BCUT2D eigenvalue weighted by Crippen LogP contribution is 2.22. The lowest BCUT2D eigenvalue weighted by molar-refractivity contribution is 0.0989. The number of benzene rings is 1. The van der Waals surface area contributed by atoms with E-state index in [1.165, 1.54) is 0 Å². The standard InChI is InChI=1S/C11H12BrClO2/c1-2-15-10-6-8(5-9(13)7-10)11(14)3-4-12/h5-7H,2-4H2,1H3. The Morgan fingerprint density at radius 3 is 2.80 bits per heavy atom. The molecule has 0 fully saturated rings. The second-order valence-corrected chi connectivity index (χ2v) is 4.20. The van der Waals surface area contributed by atoms with Crippen molar-refractivity contribution in [2.75, 3.05) is 11.9 Å². The van der Waals surface area contributed by atoms with E-state index in [-0.39, 0.29) is 5.78 Å². The van der Waals surface area contributed by atoms with Gasteiger partial charge in [0.1, 0.15) is 5.75 Å². The van der Waals surface area contributed by atoms with Crippen LogP contribution in [0.25, 0.3) is 0 Å². The summed E-state index contributed by atoms with van der Waals surface area (Å²) in [5, 5.41) is 1.18. The first-order valence-corrected chi connectivity index (χ1v) is 6.20. The number of Topliss-reactive ketones (excluding diaryl/α,β-unsaturated/α-hetero) is 1. The van der Waals surface area contributed by atoms with E-state index in [0.29, 0.717) is 34.7 Å². The number of halogens is 2. The van der Waals surface area contributed by atoms with Gasteiger partial charge in [-0.2, -0.15) is 0 Å². The molecule has 0 aliphatic rings. The average Bonchev–Trinajstić information content (AvgIpc) is 2.17. The third-order valence-corrected chi connectivity index (χ3v) is 2.44. The third kappa shape index (κ3) is 3.84. The van der Waals surface area contributed by atoms with Gasteiger partial charge in [0.25, 0.3) is 0 Å². The summed E-state index contributed by atoms with van der Waals surface area (Å²) in [6.07, 6.45) is 0.464. The number of carbonyl (C=O) groups excluding carboxylic acids is 1. The maximum absolute atomic E-state index is 11.6. The van der Waals surface area contributed by atoms with Crippen molar-refractivity contribution in [1.82, 2.24) is 0 Å². The minimum Gasteiger partial charge on any atom is -0.494 e. The number of alkyl halides is 1. The highest BCUT2D eigenvalue weighted by atomic mass is 79.9. The number of hydrogen-bond donors (Lipinski definition) is 0. The van der Waals surface area contributed by atoms with Crippen LogP contribution in [0.2, 0.25) is 5.02 Å². The van der Waals surface area contributed by atoms with E-state index in [4.69, 9.17) is 16.3 Å². The molecule has 82 valence electrons. The fraction of sp³-hybridized carbons (Fsp3) is 0.364. The highest BCUT2D eigenvalue weighted by molar-refractivity contribution is 9.09. The molecule has 0 aliphatic carbocycles. The Balaban J connectivity index is 2.92. The quantitative estimate of drug-likeness (QED) is 0.611. The van der Waals surface area contributed by atoms with Gasteiger partial charge in [0.05, 0.1) is 6.61 Å². The fourth-order valence-electron chi connectivity index (χ4n) is 1.20. The summed E-state index contributed by atoms with van der Waals surface area (Å²) >= 11 is 9.12. The van der Waals surface area contributed by atoms with E-state index in [2.05, 4.69) is 15.9 Å². The molecule has 0 unspecified atom stereocenters. The van der Waals surface area contributed by atoms with Crippen molar-refractivity contribution in [3.05, 3.63) is 28.8 Å². The molecule has 0 N–H and O–H groups in total. The molecule has 0 radical (unpaired) electrons. The Kier molecular flexibility index (Phi) is 5.12. The van der Waals surface area contributed by atoms with Crippen molar-refractivity contribution in [3.8, 4) is 5.75 Å². The van der Waals surface area contributed by atoms with Gasteiger partial charge in [-0.25, -0.2) is 0 Å². The molecule has 0 saturated heterocycles. The summed E-state index contributed by atoms with van der Waals surface area (Å²) in [4.78, 5) is 11.6. The predicted molar refractivity (Wildman–Crippen MR) is 65.4 cm³/mol. The number of ether oxygens (including phenoxy) is 1. The fourth-order valence-corrected chi connectivity index (χ4v) is 1.79. The Morgan fingerprint density at radius 2 is 2.20 bits per heavy atom. The summed E-state index contributed by atoms with van der Waals surface area (Å²) in [5.41, 5.74) is 0.602. The van der Waals surface area contributed by atoms with Gasteiger partial charge < -0.3 is 4.74 Å². The van der Waals surface area contributed by atoms with Crippen LogP contribution < -0.4 is 4.74 Å². The molecule has 0 saturated carbocycles. The molecular weight excluding hydrogens is 279 g/mol. The molecule has 15 heavy (non-hydrogen) atoms. The molecule has 0 aliphatic heterocycles. The first-order valence-electron chi connectivity index (χ1n) is 4.70. The molecule has 0 bridgehead atoms. The smallest absolute Gasteiger partial charge is 0.163 e. The van der Waals surface area contributed by atoms with E-state index in [9.17, 15) is 4.79 Å². The first kappa shape index (κ1) is 12.5. The van der Waals surface area contributed by atoms with Crippen molar-refractivity contribution in [2.45, 2.75) is 13.3 Å². The van der Waals surface area contributed by atoms with Crippen molar-refractivity contribution in [2.24, 2.45) is 0 Å². The van der Waals surface area contributed by atoms with Crippen LogP contribution in [0.5, 0.6) is 5.75 Å². The van der Waals surface area contributed by atoms with Crippen LogP contribution in [0.4, 0.5) is 0 Å². The monoisotopic (exact) mass is 290 g/mol. The lowest BCUT2D eigenvalue weighted by Crippen LogP contribution is -2.01. The molecule has 0 aromatic heterocycles. The normalized spacial score (nSPS) is 10.1. The summed E-state index contributed by atoms with van der Waals surface area (Å²) in [6.45, 7) is 2.45. The minimum atomic E-state index is 0.0651. The van der Waals surface area contributed by atoms with Gasteiger partial charge in [0.15, 0.2) is 5.78 Å². The Labute approximate surface area is 103 Å². The van der Waals surface area contributed by atoms with Gasteiger partial charge in [-0.05, 0) is 25.1 Å². The molecule has 1 aromatic rings. The largest absolute Gasteiger partial charge is 0.494 e. The van der Waals surface area contributed by atoms with Crippen LogP contribution in [0.3, 0.4) is 0 Å². The van der Waals surface area contributed by atoms with Crippen LogP contribution in [0.1, 0.15) is 23.7 Å². The van der Waals surface area contributed by atoms with Gasteiger partial charge in [0, 0.05) is 22.3 Å². The second kappa shape index (κ2) is 6.13. The molecule has 4 heteroatoms. The third-order valence-electron chi connectivity index (χ3n) is 1.83. The Hall–Kier alpha value is -0.540. The SMILES string of the molecule is CCOc1cc(Cl)cc(C(=O)CCBr)c1. The van der Waals surface area contributed by atoms with Gasteiger partial charge in [0.2, 0.25) is 0 Å². The zero-order chi connectivity index (χ0) is 11.3. The van der Waals surface area contributed by atoms with Gasteiger partial charge in [-0.15, -0.1) is 0 Å². The maximum atomic E-state index is 11.6. The predicted octanol–water partition coefficient (Wildman–Crippen LogP) is 3.71. The van der Waals surface area contributed by atoms with E-state index < -0.39 is 0 Å². The number of rotatable bonds is 5. The number of carbonyl (C=O) groups is 1. The van der Waals surface area contributed by atoms with Crippen LogP contribution in [0.15, 0.2) is 18.2 Å². The maximum Gasteiger partial charge on any atom is 0.163 e. The number of hydrogen-bond acceptors (Lipinski definition) is 2. The van der Waals surface area contributed by atoms with Gasteiger partial charge in [-0.1, -0.05) is 27.5 Å². The summed E-state index contributed by atoms with van der Waals surface area (Å²) in [5.74, 6) is 0.707. The van der Waals surface area contributed by atoms with E-state index in [0.717, 1.165) is 0 Å². The first-order chi connectivity index (χ1) is 7.17. The molecule has 0 atom stereocenters. The molecule has 0 spiro atoms. The summed E-state index contributed by atoms with van der Waals surface area (Å²) < 4.78 is 5.31. The van der Waals surface area contributed by atoms with Gasteiger partial charge >= 0.3 is 0 Å². The molecule has 2 nitrogen and oxygen atoms in total. The Morgan fingerprint density at radius 1 is 1.47 bits per heavy atom. The van der Waals surface area contributed by atoms with Crippen LogP contribution in [-0.2, 0) is 0 Å². The Bertz CT molecular complexity index is 352. The van der Waals surface area contributed by atoms with E-state index in [1.807, 2.05) is 6.92 Å². The lowest BCUT2D eigenvalue weighted by Gasteiger charge is -2.06. The van der Waals surface area contributed by atoms with Gasteiger partial charge in [-0.3, -0.25) is 4.79 Å². The van der Waals surface area contributed by atoms with Crippen molar-refractivity contribution >= 4 is 33.3 Å². The molecule has 0 heterocycles. The molecular formula is C11H12BrClO2. The van der Waals surface area contributed by atoms with Crippen LogP contribution >= 0.6 is 27.5 Å². The lowest BCUT2D eigenvalue weighted by atomic mass is 10.1. The van der Waals surface area contributed by atoms with Crippen molar-refractivity contribution < 1.29 is 9.53 Å². The van der Waals surface area contributed by atoms with Crippen LogP contribution in [0, 0.1) is 0 Å². The van der Waals surface area contributed by atoms with Crippen molar-refractivity contribution in [3.63, 3.8) is 0 Å². The zero-order valence-corrected chi connectivity index (χ0v) is 10.8. The molecule has 1 aromatic carbocycles. The zero-order valence-electron chi connectivity index (χ0n) is 8.43. The summed E-state index contributed by atoms with van der Waals surface area (Å²) in [7, 11) is 0. The van der Waals surface area contributed by atoms with E-state index in [1.54, 1.807) is 18.2 Å². The molecule has 0 amide bonds. The topological polar surface area (TPSA) is 26.3 Å². The van der Waals surface area contributed by atoms with Crippen molar-refractivity contribution in [1.29, 1.82) is 0 Å². The average molecular weight is 292 g/mol. The highest BCUT2D eigenvalue weighted by Gasteiger charge is 2.08. The minimum absolute atomic E-state index is 0.0651. The number of ketones is 1. The summed E-state index contributed by atoms with van der Waals surface area (Å²) in [6, 6.07) is 5.09. The molecule has 1 rings (SSSR count).